The minimum Gasteiger partial charge on any atom is -0.456 e. The highest BCUT2D eigenvalue weighted by molar-refractivity contribution is 9.10. The van der Waals surface area contributed by atoms with Crippen LogP contribution in [0.5, 0.6) is 0 Å². The number of nitrogens with one attached hydrogen (secondary N) is 1. The van der Waals surface area contributed by atoms with E-state index >= 15 is 0 Å². The third kappa shape index (κ3) is 17.5. The Hall–Kier alpha value is -18.2. The lowest BCUT2D eigenvalue weighted by molar-refractivity contribution is 0.623. The standard InChI is InChI=1S/C51H32N2O2.C33H22N2O.C21H12ClNO.C12H7BrO.C12H11N/c1-3-10-33(11-4-1)38-14-9-15-41(30-38)53(42-27-28-44-43-16-7-8-17-47(43)54-48(44)32-42)40-25-22-34(23-26-40)39-21-19-35-18-20-36-24-29-46-50(49(36)45(35)31-39)55-51(52-46)37-12-5-2-6-13-37;1-3-8-22(9-4-1)26-12-7-13-27(20-26)34-28-18-16-23-14-15-24-17-19-30-32(31(24)29(23)21-28)36-33(35-30)25-10-5-2-6-11-25;22-16-10-8-13-6-7-14-9-11-18-20(19(14)17(13)12-16)24-21(23-18)15-4-2-1-3-5-15;13-8-5-6-10-9-3-1-2-4-11(9)14-12(10)7-8;13-12-8-4-7-11(9-12)10-5-2-1-3-6-10/h1-32H;1-21,34H;1-12H;1-7H;1-9H,13H2. The molecule has 0 radical (unpaired) electrons. The molecule has 0 amide bonds. The number of nitrogen functional groups attached to an aromatic ring is 1. The summed E-state index contributed by atoms with van der Waals surface area (Å²) in [4.78, 5) is 16.6. The van der Waals surface area contributed by atoms with Crippen molar-refractivity contribution in [3.05, 3.63) is 501 Å². The fourth-order valence-corrected chi connectivity index (χ4v) is 19.6. The van der Waals surface area contributed by atoms with E-state index in [0.29, 0.717) is 17.7 Å². The number of halogens is 2. The number of hydrogen-bond acceptors (Lipinski definition) is 11. The largest absolute Gasteiger partial charge is 0.456 e. The van der Waals surface area contributed by atoms with E-state index in [1.807, 2.05) is 206 Å². The number of benzene rings is 23. The van der Waals surface area contributed by atoms with E-state index in [9.17, 15) is 0 Å². The lowest BCUT2D eigenvalue weighted by Gasteiger charge is -2.26. The number of furan rings is 2. The van der Waals surface area contributed by atoms with Crippen LogP contribution >= 0.6 is 27.5 Å². The van der Waals surface area contributed by atoms with Gasteiger partial charge in [0, 0.05) is 104 Å². The van der Waals surface area contributed by atoms with Crippen molar-refractivity contribution in [2.75, 3.05) is 16.0 Å². The highest BCUT2D eigenvalue weighted by atomic mass is 79.9. The normalized spacial score (nSPS) is 11.3. The van der Waals surface area contributed by atoms with E-state index in [1.54, 1.807) is 0 Å². The van der Waals surface area contributed by atoms with Crippen LogP contribution in [0, 0.1) is 0 Å². The monoisotopic (exact) mass is 1910 g/mol. The summed E-state index contributed by atoms with van der Waals surface area (Å²) in [7, 11) is 0. The van der Waals surface area contributed by atoms with Gasteiger partial charge in [-0.1, -0.05) is 337 Å². The van der Waals surface area contributed by atoms with Gasteiger partial charge in [0.25, 0.3) is 0 Å². The minimum atomic E-state index is 0.630. The third-order valence-corrected chi connectivity index (χ3v) is 26.7. The molecule has 5 aromatic heterocycles. The van der Waals surface area contributed by atoms with E-state index in [-0.39, 0.29) is 0 Å². The van der Waals surface area contributed by atoms with Gasteiger partial charge in [0.1, 0.15) is 38.9 Å². The molecule has 0 saturated carbocycles. The molecule has 0 atom stereocenters. The van der Waals surface area contributed by atoms with Crippen LogP contribution in [-0.4, -0.2) is 15.0 Å². The Morgan fingerprint density at radius 3 is 1.08 bits per heavy atom. The van der Waals surface area contributed by atoms with Crippen molar-refractivity contribution in [2.24, 2.45) is 0 Å². The predicted molar refractivity (Wildman–Crippen MR) is 594 cm³/mol. The quantitative estimate of drug-likeness (QED) is 0.0890. The number of aromatic nitrogens is 3. The molecule has 142 heavy (non-hydrogen) atoms. The molecule has 28 aromatic rings. The van der Waals surface area contributed by atoms with Crippen LogP contribution in [-0.2, 0) is 0 Å². The molecule has 0 aliphatic carbocycles. The first-order chi connectivity index (χ1) is 70.0. The van der Waals surface area contributed by atoms with Crippen LogP contribution in [0.3, 0.4) is 0 Å². The van der Waals surface area contributed by atoms with Crippen molar-refractivity contribution in [2.45, 2.75) is 0 Å². The molecule has 28 rings (SSSR count). The average Bonchev–Trinajstić information content (AvgIpc) is 1.55. The fraction of sp³-hybridized carbons (Fsp3) is 0. The second-order valence-electron chi connectivity index (χ2n) is 35.0. The summed E-state index contributed by atoms with van der Waals surface area (Å²) in [5, 5.41) is 22.3. The fourth-order valence-electron chi connectivity index (χ4n) is 19.1. The van der Waals surface area contributed by atoms with Crippen LogP contribution in [0.2, 0.25) is 5.02 Å². The molecule has 0 spiro atoms. The van der Waals surface area contributed by atoms with Crippen LogP contribution in [0.15, 0.2) is 518 Å². The number of fused-ring (bicyclic) bond motifs is 21. The molecule has 0 aliphatic rings. The molecule has 674 valence electrons. The number of oxazole rings is 3. The van der Waals surface area contributed by atoms with E-state index < -0.39 is 0 Å². The number of anilines is 6. The highest BCUT2D eigenvalue weighted by Crippen LogP contribution is 2.46. The van der Waals surface area contributed by atoms with Gasteiger partial charge in [-0.2, -0.15) is 0 Å². The zero-order valence-corrected chi connectivity index (χ0v) is 78.8. The van der Waals surface area contributed by atoms with Gasteiger partial charge in [0.15, 0.2) is 16.7 Å². The maximum atomic E-state index is 6.50. The molecular weight excluding hydrogens is 1830 g/mol. The maximum Gasteiger partial charge on any atom is 0.227 e. The van der Waals surface area contributed by atoms with Crippen LogP contribution in [0.4, 0.5) is 34.1 Å². The molecule has 5 heterocycles. The minimum absolute atomic E-state index is 0.630. The van der Waals surface area contributed by atoms with Crippen molar-refractivity contribution in [1.29, 1.82) is 0 Å². The second-order valence-corrected chi connectivity index (χ2v) is 36.4. The lowest BCUT2D eigenvalue weighted by atomic mass is 9.96. The highest BCUT2D eigenvalue weighted by Gasteiger charge is 2.22. The predicted octanol–water partition coefficient (Wildman–Crippen LogP) is 37.5. The van der Waals surface area contributed by atoms with Crippen molar-refractivity contribution in [1.82, 2.24) is 15.0 Å². The topological polar surface area (TPSA) is 146 Å². The zero-order valence-electron chi connectivity index (χ0n) is 76.4. The molecule has 23 aromatic carbocycles. The maximum absolute atomic E-state index is 6.50. The second kappa shape index (κ2) is 38.1. The van der Waals surface area contributed by atoms with Crippen LogP contribution in [0.1, 0.15) is 0 Å². The van der Waals surface area contributed by atoms with Gasteiger partial charge < -0.3 is 38.0 Å². The Morgan fingerprint density at radius 2 is 0.570 bits per heavy atom. The third-order valence-electron chi connectivity index (χ3n) is 26.0. The first kappa shape index (κ1) is 86.6. The van der Waals surface area contributed by atoms with Gasteiger partial charge in [-0.15, -0.1) is 0 Å². The Bertz CT molecular complexity index is 9570. The van der Waals surface area contributed by atoms with Crippen LogP contribution in [0.25, 0.3) is 221 Å². The summed E-state index contributed by atoms with van der Waals surface area (Å²) in [5.74, 6) is 1.91. The summed E-state index contributed by atoms with van der Waals surface area (Å²) >= 11 is 9.65. The van der Waals surface area contributed by atoms with E-state index in [0.717, 1.165) is 208 Å². The molecule has 11 nitrogen and oxygen atoms in total. The molecule has 0 unspecified atom stereocenters. The van der Waals surface area contributed by atoms with Crippen molar-refractivity contribution in [3.8, 4) is 78.9 Å². The number of nitrogens with two attached hydrogens (primary N) is 1. The van der Waals surface area contributed by atoms with Gasteiger partial charge in [-0.25, -0.2) is 15.0 Å². The summed E-state index contributed by atoms with van der Waals surface area (Å²) in [6.45, 7) is 0. The van der Waals surface area contributed by atoms with Gasteiger partial charge in [-0.05, 0) is 269 Å². The number of hydrogen-bond donors (Lipinski definition) is 2. The molecule has 0 fully saturated rings. The molecule has 0 aliphatic heterocycles. The van der Waals surface area contributed by atoms with E-state index in [4.69, 9.17) is 49.4 Å². The molecule has 0 saturated heterocycles. The van der Waals surface area contributed by atoms with Gasteiger partial charge in [-0.3, -0.25) is 0 Å². The first-order valence-corrected chi connectivity index (χ1v) is 48.2. The lowest BCUT2D eigenvalue weighted by Crippen LogP contribution is -2.10. The average molecular weight is 1910 g/mol. The van der Waals surface area contributed by atoms with Crippen molar-refractivity contribution in [3.63, 3.8) is 0 Å². The van der Waals surface area contributed by atoms with E-state index in [2.05, 4.69) is 316 Å². The number of rotatable bonds is 12. The Labute approximate surface area is 830 Å². The summed E-state index contributed by atoms with van der Waals surface area (Å²) in [6, 6.07) is 169. The number of nitrogens with zero attached hydrogens (tertiary/aromatic N) is 4. The summed E-state index contributed by atoms with van der Waals surface area (Å²) < 4.78 is 32.1. The van der Waals surface area contributed by atoms with Gasteiger partial charge in [0.05, 0.1) is 0 Å². The zero-order chi connectivity index (χ0) is 94.9. The summed E-state index contributed by atoms with van der Waals surface area (Å²) in [6.07, 6.45) is 0. The smallest absolute Gasteiger partial charge is 0.227 e. The Morgan fingerprint density at radius 1 is 0.225 bits per heavy atom. The Kier molecular flexibility index (Phi) is 23.2. The first-order valence-electron chi connectivity index (χ1n) is 47.0. The molecule has 3 N–H and O–H groups in total. The Balaban J connectivity index is 0.000000107. The SMILES string of the molecule is Brc1ccc2c(c1)oc1ccccc12.Clc1ccc2ccc3ccc4nc(-c5ccccc5)oc4c3c2c1.Nc1cccc(-c2ccccc2)c1.c1ccc(-c2cccc(N(c3ccc(-c4ccc5ccc6ccc7nc(-c8ccccc8)oc7c6c5c4)cc3)c3ccc4c(c3)oc3ccccc34)c2)cc1.c1ccc(-c2cccc(Nc3ccc4ccc5ccc6nc(-c7ccccc7)oc6c5c4c3)c2)cc1. The van der Waals surface area contributed by atoms with Crippen molar-refractivity contribution >= 4 is 203 Å². The summed E-state index contributed by atoms with van der Waals surface area (Å²) in [5.41, 5.74) is 32.6. The van der Waals surface area contributed by atoms with E-state index in [1.165, 1.54) is 38.6 Å². The number of para-hydroxylation sites is 2. The molecule has 13 heteroatoms. The van der Waals surface area contributed by atoms with Crippen molar-refractivity contribution < 1.29 is 22.1 Å². The van der Waals surface area contributed by atoms with Gasteiger partial charge in [0.2, 0.25) is 17.7 Å². The molecular formula is C129H84BrClN6O5. The van der Waals surface area contributed by atoms with Gasteiger partial charge >= 0.3 is 0 Å². The van der Waals surface area contributed by atoms with Crippen LogP contribution < -0.4 is 16.0 Å². The molecule has 0 bridgehead atoms.